The molecule has 3 nitrogen and oxygen atoms in total. The molecule has 94 valence electrons. The fraction of sp³-hybridized carbons (Fsp3) is 1.00. The highest BCUT2D eigenvalue weighted by Crippen LogP contribution is 2.08. The number of ether oxygens (including phenoxy) is 1. The predicted octanol–water partition coefficient (Wildman–Crippen LogP) is 1.88. The van der Waals surface area contributed by atoms with E-state index in [1.807, 2.05) is 13.8 Å². The van der Waals surface area contributed by atoms with E-state index < -0.39 is 0 Å². The van der Waals surface area contributed by atoms with Crippen LogP contribution in [0.5, 0.6) is 0 Å². The van der Waals surface area contributed by atoms with E-state index in [2.05, 4.69) is 28.2 Å². The first-order valence-electron chi connectivity index (χ1n) is 5.42. The SMILES string of the molecule is CC.COCCN1CCC(O)CC1.SS. The number of hydrogen-bond acceptors (Lipinski definition) is 5. The van der Waals surface area contributed by atoms with Gasteiger partial charge in [0.05, 0.1) is 12.7 Å². The van der Waals surface area contributed by atoms with E-state index in [1.165, 1.54) is 0 Å². The first-order valence-corrected chi connectivity index (χ1v) is 7.02. The molecule has 0 saturated carbocycles. The Morgan fingerprint density at radius 2 is 1.73 bits per heavy atom. The zero-order valence-corrected chi connectivity index (χ0v) is 11.8. The lowest BCUT2D eigenvalue weighted by Crippen LogP contribution is -2.37. The Bertz CT molecular complexity index is 107. The highest BCUT2D eigenvalue weighted by molar-refractivity contribution is 8.59. The molecule has 1 saturated heterocycles. The Morgan fingerprint density at radius 1 is 1.27 bits per heavy atom. The molecular formula is C10H25NO2S2. The van der Waals surface area contributed by atoms with Crippen molar-refractivity contribution in [3.05, 3.63) is 0 Å². The summed E-state index contributed by atoms with van der Waals surface area (Å²) >= 11 is 6.44. The normalized spacial score (nSPS) is 17.2. The number of hydrogen-bond donors (Lipinski definition) is 3. The molecule has 15 heavy (non-hydrogen) atoms. The van der Waals surface area contributed by atoms with Crippen molar-refractivity contribution in [2.24, 2.45) is 0 Å². The predicted molar refractivity (Wildman–Crippen MR) is 72.9 cm³/mol. The monoisotopic (exact) mass is 255 g/mol. The van der Waals surface area contributed by atoms with Crippen LogP contribution in [0.1, 0.15) is 26.7 Å². The first kappa shape index (κ1) is 18.0. The maximum Gasteiger partial charge on any atom is 0.0589 e. The highest BCUT2D eigenvalue weighted by atomic mass is 33.1. The van der Waals surface area contributed by atoms with E-state index in [0.29, 0.717) is 0 Å². The summed E-state index contributed by atoms with van der Waals surface area (Å²) in [6.07, 6.45) is 1.78. The van der Waals surface area contributed by atoms with Crippen molar-refractivity contribution < 1.29 is 9.84 Å². The van der Waals surface area contributed by atoms with Gasteiger partial charge in [0, 0.05) is 26.7 Å². The lowest BCUT2D eigenvalue weighted by molar-refractivity contribution is 0.0666. The van der Waals surface area contributed by atoms with Gasteiger partial charge >= 0.3 is 0 Å². The van der Waals surface area contributed by atoms with Crippen LogP contribution >= 0.6 is 23.3 Å². The van der Waals surface area contributed by atoms with E-state index in [9.17, 15) is 5.11 Å². The number of thiol groups is 2. The average Bonchev–Trinajstić information content (AvgIpc) is 2.34. The van der Waals surface area contributed by atoms with Crippen LogP contribution in [0, 0.1) is 0 Å². The van der Waals surface area contributed by atoms with Gasteiger partial charge in [-0.15, -0.1) is 23.3 Å². The number of methoxy groups -OCH3 is 1. The zero-order chi connectivity index (χ0) is 12.1. The number of nitrogens with zero attached hydrogens (tertiary/aromatic N) is 1. The van der Waals surface area contributed by atoms with Crippen molar-refractivity contribution in [3.63, 3.8) is 0 Å². The molecule has 0 aromatic rings. The second kappa shape index (κ2) is 14.6. The van der Waals surface area contributed by atoms with E-state index in [-0.39, 0.29) is 6.10 Å². The molecule has 0 radical (unpaired) electrons. The van der Waals surface area contributed by atoms with Gasteiger partial charge in [-0.1, -0.05) is 13.8 Å². The Kier molecular flexibility index (Phi) is 17.5. The second-order valence-electron chi connectivity index (χ2n) is 3.07. The van der Waals surface area contributed by atoms with Crippen LogP contribution in [0.15, 0.2) is 0 Å². The van der Waals surface area contributed by atoms with Gasteiger partial charge < -0.3 is 14.7 Å². The van der Waals surface area contributed by atoms with Gasteiger partial charge in [0.2, 0.25) is 0 Å². The van der Waals surface area contributed by atoms with Gasteiger partial charge in [0.15, 0.2) is 0 Å². The number of rotatable bonds is 3. The molecule has 1 heterocycles. The third-order valence-corrected chi connectivity index (χ3v) is 2.17. The minimum Gasteiger partial charge on any atom is -0.393 e. The molecule has 0 atom stereocenters. The lowest BCUT2D eigenvalue weighted by atomic mass is 10.1. The van der Waals surface area contributed by atoms with Gasteiger partial charge in [-0.2, -0.15) is 0 Å². The first-order chi connectivity index (χ1) is 7.33. The standard InChI is InChI=1S/C8H17NO2.C2H6.H2S2/c1-11-7-6-9-4-2-8(10)3-5-9;2*1-2/h8,10H,2-7H2,1H3;1-2H3;1-2H. The molecule has 1 rings (SSSR count). The van der Waals surface area contributed by atoms with Crippen LogP contribution in [-0.2, 0) is 4.74 Å². The van der Waals surface area contributed by atoms with E-state index >= 15 is 0 Å². The average molecular weight is 255 g/mol. The molecule has 1 fully saturated rings. The summed E-state index contributed by atoms with van der Waals surface area (Å²) in [5.74, 6) is 0. The fourth-order valence-corrected chi connectivity index (χ4v) is 1.36. The molecule has 0 spiro atoms. The van der Waals surface area contributed by atoms with Crippen molar-refractivity contribution in [3.8, 4) is 0 Å². The van der Waals surface area contributed by atoms with Crippen molar-refractivity contribution in [2.45, 2.75) is 32.8 Å². The largest absolute Gasteiger partial charge is 0.393 e. The number of piperidine rings is 1. The summed E-state index contributed by atoms with van der Waals surface area (Å²) in [5.41, 5.74) is 0. The highest BCUT2D eigenvalue weighted by Gasteiger charge is 2.15. The molecule has 0 aliphatic carbocycles. The van der Waals surface area contributed by atoms with Crippen LogP contribution < -0.4 is 0 Å². The van der Waals surface area contributed by atoms with Crippen molar-refractivity contribution in [2.75, 3.05) is 33.4 Å². The summed E-state index contributed by atoms with van der Waals surface area (Å²) in [5, 5.41) is 9.19. The van der Waals surface area contributed by atoms with Crippen molar-refractivity contribution in [1.82, 2.24) is 4.90 Å². The maximum atomic E-state index is 9.19. The van der Waals surface area contributed by atoms with Gasteiger partial charge in [0.25, 0.3) is 0 Å². The number of aliphatic hydroxyl groups is 1. The van der Waals surface area contributed by atoms with Gasteiger partial charge in [-0.25, -0.2) is 0 Å². The van der Waals surface area contributed by atoms with Gasteiger partial charge in [-0.05, 0) is 12.8 Å². The molecule has 0 amide bonds. The molecule has 0 aromatic carbocycles. The summed E-state index contributed by atoms with van der Waals surface area (Å²) < 4.78 is 4.97. The molecule has 0 bridgehead atoms. The summed E-state index contributed by atoms with van der Waals surface area (Å²) in [6, 6.07) is 0. The van der Waals surface area contributed by atoms with Gasteiger partial charge in [-0.3, -0.25) is 0 Å². The molecule has 1 aliphatic heterocycles. The molecule has 0 unspecified atom stereocenters. The second-order valence-corrected chi connectivity index (χ2v) is 3.07. The summed E-state index contributed by atoms with van der Waals surface area (Å²) in [7, 11) is 1.72. The molecule has 0 aromatic heterocycles. The Hall–Kier alpha value is 0.580. The van der Waals surface area contributed by atoms with Crippen LogP contribution in [-0.4, -0.2) is 49.5 Å². The smallest absolute Gasteiger partial charge is 0.0589 e. The van der Waals surface area contributed by atoms with E-state index in [1.54, 1.807) is 7.11 Å². The fourth-order valence-electron chi connectivity index (χ4n) is 1.36. The van der Waals surface area contributed by atoms with Crippen molar-refractivity contribution >= 4 is 23.3 Å². The molecule has 1 aliphatic rings. The molecule has 5 heteroatoms. The molecular weight excluding hydrogens is 230 g/mol. The van der Waals surface area contributed by atoms with E-state index in [4.69, 9.17) is 4.74 Å². The third-order valence-electron chi connectivity index (χ3n) is 2.17. The molecule has 1 N–H and O–H groups in total. The zero-order valence-electron chi connectivity index (χ0n) is 10.0. The third kappa shape index (κ3) is 10.9. The summed E-state index contributed by atoms with van der Waals surface area (Å²) in [6.45, 7) is 7.84. The number of aliphatic hydroxyl groups excluding tert-OH is 1. The van der Waals surface area contributed by atoms with Crippen LogP contribution in [0.4, 0.5) is 0 Å². The topological polar surface area (TPSA) is 32.7 Å². The maximum absolute atomic E-state index is 9.19. The van der Waals surface area contributed by atoms with Gasteiger partial charge in [0.1, 0.15) is 0 Å². The van der Waals surface area contributed by atoms with Crippen LogP contribution in [0.25, 0.3) is 0 Å². The quantitative estimate of drug-likeness (QED) is 0.532. The Morgan fingerprint density at radius 3 is 2.13 bits per heavy atom. The van der Waals surface area contributed by atoms with E-state index in [0.717, 1.165) is 39.1 Å². The lowest BCUT2D eigenvalue weighted by Gasteiger charge is -2.28. The summed E-state index contributed by atoms with van der Waals surface area (Å²) in [4.78, 5) is 2.33. The van der Waals surface area contributed by atoms with Crippen LogP contribution in [0.2, 0.25) is 0 Å². The number of likely N-dealkylation sites (tertiary alicyclic amines) is 1. The van der Waals surface area contributed by atoms with Crippen LogP contribution in [0.3, 0.4) is 0 Å². The Labute approximate surface area is 104 Å². The van der Waals surface area contributed by atoms with Crippen molar-refractivity contribution in [1.29, 1.82) is 0 Å². The Balaban J connectivity index is 0. The minimum absolute atomic E-state index is 0.0613. The minimum atomic E-state index is -0.0613.